The van der Waals surface area contributed by atoms with E-state index in [1.165, 1.54) is 0 Å². The Labute approximate surface area is 157 Å². The number of thioether (sulfide) groups is 1. The van der Waals surface area contributed by atoms with Gasteiger partial charge in [-0.3, -0.25) is 19.3 Å². The fourth-order valence-electron chi connectivity index (χ4n) is 2.21. The van der Waals surface area contributed by atoms with Gasteiger partial charge in [0.25, 0.3) is 11.1 Å². The van der Waals surface area contributed by atoms with Gasteiger partial charge in [-0.15, -0.1) is 0 Å². The lowest BCUT2D eigenvalue weighted by Crippen LogP contribution is -2.35. The fraction of sp³-hybridized carbons (Fsp3) is 0.316. The first-order valence-corrected chi connectivity index (χ1v) is 8.98. The first-order chi connectivity index (χ1) is 12.3. The second-order valence-corrected chi connectivity index (χ2v) is 7.17. The summed E-state index contributed by atoms with van der Waals surface area (Å²) in [6, 6.07) is 7.92. The fourth-order valence-corrected chi connectivity index (χ4v) is 3.00. The van der Waals surface area contributed by atoms with Crippen LogP contribution in [-0.4, -0.2) is 48.8 Å². The van der Waals surface area contributed by atoms with Gasteiger partial charge in [-0.2, -0.15) is 0 Å². The van der Waals surface area contributed by atoms with Crippen LogP contribution >= 0.6 is 11.8 Å². The van der Waals surface area contributed by atoms with Crippen molar-refractivity contribution < 1.29 is 19.1 Å². The molecule has 0 radical (unpaired) electrons. The second kappa shape index (κ2) is 8.71. The standard InChI is InChI=1S/C19H22N2O4S/c1-13(2)25-17(22)12-21-18(23)16(26-19(21)24)7-5-6-14-8-10-15(11-9-14)20(3)4/h5-11,13H,12H2,1-4H3/b6-5+,16-7-. The quantitative estimate of drug-likeness (QED) is 0.562. The molecule has 7 heteroatoms. The number of nitrogens with zero attached hydrogens (tertiary/aromatic N) is 2. The molecule has 1 aromatic rings. The number of ether oxygens (including phenoxy) is 1. The van der Waals surface area contributed by atoms with Crippen molar-refractivity contribution in [1.82, 2.24) is 4.90 Å². The number of amides is 2. The van der Waals surface area contributed by atoms with Crippen LogP contribution in [0.1, 0.15) is 19.4 Å². The molecule has 26 heavy (non-hydrogen) atoms. The van der Waals surface area contributed by atoms with E-state index in [1.54, 1.807) is 26.0 Å². The topological polar surface area (TPSA) is 66.9 Å². The molecule has 0 aliphatic carbocycles. The average molecular weight is 374 g/mol. The second-order valence-electron chi connectivity index (χ2n) is 6.17. The molecule has 1 aromatic carbocycles. The molecular formula is C19H22N2O4S. The zero-order chi connectivity index (χ0) is 19.3. The largest absolute Gasteiger partial charge is 0.462 e. The number of hydrogen-bond acceptors (Lipinski definition) is 6. The summed E-state index contributed by atoms with van der Waals surface area (Å²) in [7, 11) is 3.94. The van der Waals surface area contributed by atoms with Gasteiger partial charge in [0.15, 0.2) is 0 Å². The van der Waals surface area contributed by atoms with E-state index >= 15 is 0 Å². The third kappa shape index (κ3) is 5.23. The maximum atomic E-state index is 12.3. The third-order valence-electron chi connectivity index (χ3n) is 3.47. The normalized spacial score (nSPS) is 16.2. The Morgan fingerprint density at radius 3 is 2.46 bits per heavy atom. The molecule has 2 amide bonds. The molecule has 0 unspecified atom stereocenters. The van der Waals surface area contributed by atoms with Crippen LogP contribution < -0.4 is 4.90 Å². The number of hydrogen-bond donors (Lipinski definition) is 0. The van der Waals surface area contributed by atoms with Crippen LogP contribution in [0.4, 0.5) is 10.5 Å². The van der Waals surface area contributed by atoms with Crippen LogP contribution in [-0.2, 0) is 14.3 Å². The van der Waals surface area contributed by atoms with Crippen LogP contribution in [0.5, 0.6) is 0 Å². The molecule has 0 N–H and O–H groups in total. The molecule has 1 aliphatic rings. The van der Waals surface area contributed by atoms with Crippen molar-refractivity contribution in [2.45, 2.75) is 20.0 Å². The maximum absolute atomic E-state index is 12.3. The van der Waals surface area contributed by atoms with Crippen LogP contribution in [0.2, 0.25) is 0 Å². The lowest BCUT2D eigenvalue weighted by atomic mass is 10.2. The zero-order valence-electron chi connectivity index (χ0n) is 15.3. The van der Waals surface area contributed by atoms with Crippen molar-refractivity contribution in [1.29, 1.82) is 0 Å². The van der Waals surface area contributed by atoms with Crippen molar-refractivity contribution in [2.75, 3.05) is 25.5 Å². The van der Waals surface area contributed by atoms with Crippen LogP contribution in [0, 0.1) is 0 Å². The number of anilines is 1. The van der Waals surface area contributed by atoms with Gasteiger partial charge < -0.3 is 9.64 Å². The highest BCUT2D eigenvalue weighted by molar-refractivity contribution is 8.18. The number of imide groups is 1. The first kappa shape index (κ1) is 19.8. The number of carbonyl (C=O) groups excluding carboxylic acids is 3. The number of benzene rings is 1. The minimum absolute atomic E-state index is 0.286. The highest BCUT2D eigenvalue weighted by Gasteiger charge is 2.36. The van der Waals surface area contributed by atoms with Gasteiger partial charge in [0.1, 0.15) is 6.54 Å². The average Bonchev–Trinajstić information content (AvgIpc) is 2.82. The van der Waals surface area contributed by atoms with E-state index in [0.717, 1.165) is 27.9 Å². The van der Waals surface area contributed by atoms with Crippen molar-refractivity contribution in [3.05, 3.63) is 46.9 Å². The zero-order valence-corrected chi connectivity index (χ0v) is 16.1. The van der Waals surface area contributed by atoms with E-state index in [4.69, 9.17) is 4.74 Å². The van der Waals surface area contributed by atoms with Crippen molar-refractivity contribution in [3.63, 3.8) is 0 Å². The molecule has 138 valence electrons. The summed E-state index contributed by atoms with van der Waals surface area (Å²) < 4.78 is 4.98. The number of carbonyl (C=O) groups is 3. The number of rotatable bonds is 6. The molecular weight excluding hydrogens is 352 g/mol. The van der Waals surface area contributed by atoms with Crippen molar-refractivity contribution >= 4 is 40.6 Å². The van der Waals surface area contributed by atoms with Gasteiger partial charge in [0.05, 0.1) is 11.0 Å². The predicted octanol–water partition coefficient (Wildman–Crippen LogP) is 3.30. The molecule has 1 fully saturated rings. The molecule has 1 saturated heterocycles. The molecule has 0 atom stereocenters. The third-order valence-corrected chi connectivity index (χ3v) is 4.40. The Balaban J connectivity index is 2.01. The minimum Gasteiger partial charge on any atom is -0.462 e. The molecule has 0 aromatic heterocycles. The van der Waals surface area contributed by atoms with E-state index in [0.29, 0.717) is 0 Å². The number of allylic oxidation sites excluding steroid dienone is 2. The maximum Gasteiger partial charge on any atom is 0.326 e. The van der Waals surface area contributed by atoms with E-state index in [1.807, 2.05) is 49.3 Å². The molecule has 0 bridgehead atoms. The summed E-state index contributed by atoms with van der Waals surface area (Å²) in [4.78, 5) is 39.1. The Kier molecular flexibility index (Phi) is 6.63. The molecule has 0 saturated carbocycles. The van der Waals surface area contributed by atoms with Crippen molar-refractivity contribution in [3.8, 4) is 0 Å². The predicted molar refractivity (Wildman–Crippen MR) is 104 cm³/mol. The highest BCUT2D eigenvalue weighted by Crippen LogP contribution is 2.30. The van der Waals surface area contributed by atoms with Gasteiger partial charge in [0.2, 0.25) is 0 Å². The van der Waals surface area contributed by atoms with E-state index < -0.39 is 17.1 Å². The van der Waals surface area contributed by atoms with Gasteiger partial charge in [-0.05, 0) is 49.4 Å². The lowest BCUT2D eigenvalue weighted by Gasteiger charge is -2.13. The van der Waals surface area contributed by atoms with E-state index in [9.17, 15) is 14.4 Å². The van der Waals surface area contributed by atoms with Crippen LogP contribution in [0.15, 0.2) is 41.3 Å². The molecule has 1 heterocycles. The Hall–Kier alpha value is -2.54. The summed E-state index contributed by atoms with van der Waals surface area (Å²) in [5, 5.41) is -0.467. The van der Waals surface area contributed by atoms with Gasteiger partial charge >= 0.3 is 5.97 Å². The van der Waals surface area contributed by atoms with E-state index in [-0.39, 0.29) is 17.6 Å². The minimum atomic E-state index is -0.597. The van der Waals surface area contributed by atoms with Gasteiger partial charge in [-0.25, -0.2) is 0 Å². The first-order valence-electron chi connectivity index (χ1n) is 8.17. The Morgan fingerprint density at radius 2 is 1.88 bits per heavy atom. The van der Waals surface area contributed by atoms with Gasteiger partial charge in [0, 0.05) is 19.8 Å². The molecule has 1 aliphatic heterocycles. The molecule has 2 rings (SSSR count). The van der Waals surface area contributed by atoms with Gasteiger partial charge in [-0.1, -0.05) is 24.3 Å². The highest BCUT2D eigenvalue weighted by atomic mass is 32.2. The number of esters is 1. The van der Waals surface area contributed by atoms with Crippen LogP contribution in [0.3, 0.4) is 0 Å². The Morgan fingerprint density at radius 1 is 1.23 bits per heavy atom. The van der Waals surface area contributed by atoms with E-state index in [2.05, 4.69) is 0 Å². The van der Waals surface area contributed by atoms with Crippen molar-refractivity contribution in [2.24, 2.45) is 0 Å². The smallest absolute Gasteiger partial charge is 0.326 e. The van der Waals surface area contributed by atoms with Crippen LogP contribution in [0.25, 0.3) is 6.08 Å². The summed E-state index contributed by atoms with van der Waals surface area (Å²) in [5.74, 6) is -1.08. The monoisotopic (exact) mass is 374 g/mol. The summed E-state index contributed by atoms with van der Waals surface area (Å²) in [6.07, 6.45) is 4.85. The SMILES string of the molecule is CC(C)OC(=O)CN1C(=O)S/C(=C\C=C\c2ccc(N(C)C)cc2)C1=O. The molecule has 0 spiro atoms. The summed E-state index contributed by atoms with van der Waals surface area (Å²) in [6.45, 7) is 3.05. The Bertz CT molecular complexity index is 751. The lowest BCUT2D eigenvalue weighted by molar-refractivity contribution is -0.149. The summed E-state index contributed by atoms with van der Waals surface area (Å²) >= 11 is 0.817. The summed E-state index contributed by atoms with van der Waals surface area (Å²) in [5.41, 5.74) is 2.07. The molecule has 6 nitrogen and oxygen atoms in total.